The van der Waals surface area contributed by atoms with Crippen molar-refractivity contribution in [3.8, 4) is 0 Å². The molecular formula is C23H20N2O3. The van der Waals surface area contributed by atoms with Crippen LogP contribution in [-0.2, 0) is 17.8 Å². The minimum absolute atomic E-state index is 0.0429. The molecule has 0 saturated heterocycles. The monoisotopic (exact) mass is 372 g/mol. The van der Waals surface area contributed by atoms with Gasteiger partial charge in [-0.05, 0) is 41.0 Å². The molecule has 28 heavy (non-hydrogen) atoms. The number of carbonyl (C=O) groups is 2. The number of carbonyl (C=O) groups excluding carboxylic acids is 2. The van der Waals surface area contributed by atoms with E-state index in [2.05, 4.69) is 0 Å². The Hall–Kier alpha value is -3.34. The van der Waals surface area contributed by atoms with Crippen LogP contribution in [0.3, 0.4) is 0 Å². The fourth-order valence-electron chi connectivity index (χ4n) is 4.06. The first-order valence-electron chi connectivity index (χ1n) is 9.46. The normalized spacial score (nSPS) is 17.9. The maximum atomic E-state index is 12.6. The van der Waals surface area contributed by atoms with Gasteiger partial charge >= 0.3 is 0 Å². The molecule has 5 rings (SSSR count). The summed E-state index contributed by atoms with van der Waals surface area (Å²) in [4.78, 5) is 28.8. The number of hydrogen-bond acceptors (Lipinski definition) is 3. The zero-order chi connectivity index (χ0) is 19.1. The smallest absolute Gasteiger partial charge is 0.254 e. The second-order valence-corrected chi connectivity index (χ2v) is 7.34. The molecule has 2 aromatic carbocycles. The standard InChI is InChI=1S/C23H20N2O3/c26-22-20-7-3-1-5-17(20)13-24(22)12-16-9-10-28-19(11-16)15-25-14-18-6-2-4-8-21(18)23(25)27/h1-9,11H,10,12-15H2. The Balaban J connectivity index is 1.27. The van der Waals surface area contributed by atoms with Crippen molar-refractivity contribution in [3.05, 3.63) is 94.3 Å². The van der Waals surface area contributed by atoms with Gasteiger partial charge < -0.3 is 14.5 Å². The number of amides is 2. The van der Waals surface area contributed by atoms with Gasteiger partial charge in [0.1, 0.15) is 12.4 Å². The van der Waals surface area contributed by atoms with Gasteiger partial charge in [0.2, 0.25) is 0 Å². The van der Waals surface area contributed by atoms with Gasteiger partial charge in [0, 0.05) is 30.8 Å². The molecular weight excluding hydrogens is 352 g/mol. The molecule has 0 unspecified atom stereocenters. The highest BCUT2D eigenvalue weighted by atomic mass is 16.5. The lowest BCUT2D eigenvalue weighted by atomic mass is 10.1. The van der Waals surface area contributed by atoms with Crippen molar-refractivity contribution in [2.24, 2.45) is 0 Å². The van der Waals surface area contributed by atoms with Gasteiger partial charge in [0.25, 0.3) is 11.8 Å². The SMILES string of the molecule is O=C1c2ccccc2CN1CC1=CCOC(CN2Cc3ccccc3C2=O)=C1. The molecule has 0 atom stereocenters. The lowest BCUT2D eigenvalue weighted by Gasteiger charge is -2.23. The average Bonchev–Trinajstić information content (AvgIpc) is 3.20. The number of nitrogens with zero attached hydrogens (tertiary/aromatic N) is 2. The Labute approximate surface area is 163 Å². The van der Waals surface area contributed by atoms with Gasteiger partial charge in [-0.25, -0.2) is 0 Å². The molecule has 0 spiro atoms. The molecule has 3 aliphatic rings. The Bertz CT molecular complexity index is 1040. The fraction of sp³-hybridized carbons (Fsp3) is 0.217. The van der Waals surface area contributed by atoms with E-state index in [0.717, 1.165) is 33.6 Å². The van der Waals surface area contributed by atoms with Crippen LogP contribution in [0.2, 0.25) is 0 Å². The minimum Gasteiger partial charge on any atom is -0.492 e. The molecule has 140 valence electrons. The van der Waals surface area contributed by atoms with Crippen LogP contribution in [0.25, 0.3) is 0 Å². The Morgan fingerprint density at radius 2 is 1.36 bits per heavy atom. The quantitative estimate of drug-likeness (QED) is 0.829. The summed E-state index contributed by atoms with van der Waals surface area (Å²) in [6.45, 7) is 2.70. The van der Waals surface area contributed by atoms with Crippen LogP contribution in [0.4, 0.5) is 0 Å². The topological polar surface area (TPSA) is 49.9 Å². The molecule has 5 nitrogen and oxygen atoms in total. The molecule has 0 aliphatic carbocycles. The minimum atomic E-state index is 0.0429. The maximum absolute atomic E-state index is 12.6. The van der Waals surface area contributed by atoms with Crippen LogP contribution >= 0.6 is 0 Å². The third-order valence-corrected chi connectivity index (χ3v) is 5.47. The van der Waals surface area contributed by atoms with Gasteiger partial charge in [0.15, 0.2) is 0 Å². The molecule has 0 fully saturated rings. The van der Waals surface area contributed by atoms with Crippen molar-refractivity contribution >= 4 is 11.8 Å². The summed E-state index contributed by atoms with van der Waals surface area (Å²) < 4.78 is 5.76. The number of rotatable bonds is 4. The summed E-state index contributed by atoms with van der Waals surface area (Å²) >= 11 is 0. The summed E-state index contributed by atoms with van der Waals surface area (Å²) in [5, 5.41) is 0. The highest BCUT2D eigenvalue weighted by Gasteiger charge is 2.29. The summed E-state index contributed by atoms with van der Waals surface area (Å²) in [6.07, 6.45) is 3.97. The summed E-state index contributed by atoms with van der Waals surface area (Å²) in [5.74, 6) is 0.882. The van der Waals surface area contributed by atoms with Crippen molar-refractivity contribution in [2.45, 2.75) is 13.1 Å². The van der Waals surface area contributed by atoms with Gasteiger partial charge in [-0.15, -0.1) is 0 Å². The van der Waals surface area contributed by atoms with Crippen LogP contribution in [0.5, 0.6) is 0 Å². The van der Waals surface area contributed by atoms with Crippen LogP contribution in [0.15, 0.2) is 72.0 Å². The van der Waals surface area contributed by atoms with Crippen LogP contribution in [0.1, 0.15) is 31.8 Å². The van der Waals surface area contributed by atoms with Crippen LogP contribution in [0, 0.1) is 0 Å². The second kappa shape index (κ2) is 6.68. The zero-order valence-electron chi connectivity index (χ0n) is 15.4. The van der Waals surface area contributed by atoms with E-state index in [4.69, 9.17) is 4.74 Å². The van der Waals surface area contributed by atoms with E-state index >= 15 is 0 Å². The van der Waals surface area contributed by atoms with Crippen molar-refractivity contribution in [3.63, 3.8) is 0 Å². The van der Waals surface area contributed by atoms with E-state index in [-0.39, 0.29) is 11.8 Å². The van der Waals surface area contributed by atoms with E-state index in [9.17, 15) is 9.59 Å². The maximum Gasteiger partial charge on any atom is 0.254 e. The molecule has 5 heteroatoms. The van der Waals surface area contributed by atoms with Gasteiger partial charge in [-0.1, -0.05) is 36.4 Å². The van der Waals surface area contributed by atoms with E-state index < -0.39 is 0 Å². The fourth-order valence-corrected chi connectivity index (χ4v) is 4.06. The van der Waals surface area contributed by atoms with Crippen molar-refractivity contribution in [2.75, 3.05) is 19.7 Å². The Morgan fingerprint density at radius 1 is 0.786 bits per heavy atom. The Kier molecular flexibility index (Phi) is 4.01. The van der Waals surface area contributed by atoms with E-state index in [1.165, 1.54) is 0 Å². The van der Waals surface area contributed by atoms with E-state index in [1.54, 1.807) is 4.90 Å². The van der Waals surface area contributed by atoms with Gasteiger partial charge in [-0.3, -0.25) is 9.59 Å². The molecule has 0 radical (unpaired) electrons. The lowest BCUT2D eigenvalue weighted by Crippen LogP contribution is -2.29. The number of hydrogen-bond donors (Lipinski definition) is 0. The van der Waals surface area contributed by atoms with E-state index in [0.29, 0.717) is 32.8 Å². The predicted octanol–water partition coefficient (Wildman–Crippen LogP) is 3.14. The number of benzene rings is 2. The van der Waals surface area contributed by atoms with Crippen LogP contribution in [-0.4, -0.2) is 41.3 Å². The van der Waals surface area contributed by atoms with Gasteiger partial charge in [0.05, 0.1) is 6.54 Å². The van der Waals surface area contributed by atoms with Gasteiger partial charge in [-0.2, -0.15) is 0 Å². The summed E-state index contributed by atoms with van der Waals surface area (Å²) in [6, 6.07) is 15.5. The predicted molar refractivity (Wildman–Crippen MR) is 104 cm³/mol. The summed E-state index contributed by atoms with van der Waals surface area (Å²) in [5.41, 5.74) is 4.74. The molecule has 0 aromatic heterocycles. The Morgan fingerprint density at radius 3 is 1.96 bits per heavy atom. The molecule has 2 amide bonds. The highest BCUT2D eigenvalue weighted by molar-refractivity contribution is 5.99. The second-order valence-electron chi connectivity index (χ2n) is 7.34. The number of fused-ring (bicyclic) bond motifs is 2. The largest absolute Gasteiger partial charge is 0.492 e. The third kappa shape index (κ3) is 2.89. The zero-order valence-corrected chi connectivity index (χ0v) is 15.4. The molecule has 3 aliphatic heterocycles. The highest BCUT2D eigenvalue weighted by Crippen LogP contribution is 2.26. The first-order valence-corrected chi connectivity index (χ1v) is 9.46. The first kappa shape index (κ1) is 16.8. The van der Waals surface area contributed by atoms with Crippen molar-refractivity contribution < 1.29 is 14.3 Å². The molecule has 2 aromatic rings. The molecule has 0 N–H and O–H groups in total. The third-order valence-electron chi connectivity index (χ3n) is 5.47. The molecule has 0 saturated carbocycles. The van der Waals surface area contributed by atoms with E-state index in [1.807, 2.05) is 65.6 Å². The lowest BCUT2D eigenvalue weighted by molar-refractivity contribution is 0.0760. The van der Waals surface area contributed by atoms with Crippen molar-refractivity contribution in [1.82, 2.24) is 9.80 Å². The molecule has 0 bridgehead atoms. The number of ether oxygens (including phenoxy) is 1. The average molecular weight is 372 g/mol. The summed E-state index contributed by atoms with van der Waals surface area (Å²) in [7, 11) is 0. The van der Waals surface area contributed by atoms with Crippen molar-refractivity contribution in [1.29, 1.82) is 0 Å². The van der Waals surface area contributed by atoms with Crippen LogP contribution < -0.4 is 0 Å². The first-order chi connectivity index (χ1) is 13.7. The molecule has 3 heterocycles.